The Kier molecular flexibility index (Phi) is 2.22. The Hall–Kier alpha value is -1.41. The standard InChI is InChI=1S/C6H8N2O6/c9-7-3-1-12-6-4(14-8(10)11)2-13-5(3)6/h4-6,9H,1-2H2/t4-,5-,6-/m1/s1. The number of oxime groups is 1. The lowest BCUT2D eigenvalue weighted by molar-refractivity contribution is -0.769. The molecule has 2 rings (SSSR count). The lowest BCUT2D eigenvalue weighted by Gasteiger charge is -2.12. The summed E-state index contributed by atoms with van der Waals surface area (Å²) in [6.45, 7) is 0.179. The van der Waals surface area contributed by atoms with Gasteiger partial charge in [0.1, 0.15) is 17.9 Å². The summed E-state index contributed by atoms with van der Waals surface area (Å²) in [6, 6.07) is 0. The maximum Gasteiger partial charge on any atom is 0.294 e. The lowest BCUT2D eigenvalue weighted by atomic mass is 10.1. The van der Waals surface area contributed by atoms with Crippen molar-refractivity contribution < 1.29 is 24.6 Å². The van der Waals surface area contributed by atoms with E-state index in [-0.39, 0.29) is 13.2 Å². The van der Waals surface area contributed by atoms with Crippen molar-refractivity contribution in [3.8, 4) is 0 Å². The Morgan fingerprint density at radius 3 is 3.07 bits per heavy atom. The van der Waals surface area contributed by atoms with Crippen LogP contribution >= 0.6 is 0 Å². The molecule has 2 heterocycles. The SMILES string of the molecule is O=[N+]([O-])O[C@@H]1CO[C@@H]2C(=NO)CO[C@@H]21. The molecular formula is C6H8N2O6. The molecule has 2 fully saturated rings. The van der Waals surface area contributed by atoms with Gasteiger partial charge in [-0.2, -0.15) is 0 Å². The molecule has 2 aliphatic rings. The fourth-order valence-electron chi connectivity index (χ4n) is 1.61. The second-order valence-electron chi connectivity index (χ2n) is 2.99. The van der Waals surface area contributed by atoms with E-state index >= 15 is 0 Å². The molecule has 0 bridgehead atoms. The minimum Gasteiger partial charge on any atom is -0.411 e. The number of hydrogen-bond acceptors (Lipinski definition) is 7. The van der Waals surface area contributed by atoms with Crippen LogP contribution in [-0.2, 0) is 14.3 Å². The smallest absolute Gasteiger partial charge is 0.294 e. The average Bonchev–Trinajstić information content (AvgIpc) is 2.67. The molecule has 14 heavy (non-hydrogen) atoms. The summed E-state index contributed by atoms with van der Waals surface area (Å²) in [7, 11) is 0. The number of ether oxygens (including phenoxy) is 2. The first-order valence-electron chi connectivity index (χ1n) is 3.97. The molecular weight excluding hydrogens is 196 g/mol. The second kappa shape index (κ2) is 3.39. The predicted molar refractivity (Wildman–Crippen MR) is 40.6 cm³/mol. The molecule has 0 unspecified atom stereocenters. The highest BCUT2D eigenvalue weighted by molar-refractivity contribution is 5.92. The fraction of sp³-hybridized carbons (Fsp3) is 0.833. The number of hydrogen-bond donors (Lipinski definition) is 1. The molecule has 0 amide bonds. The maximum atomic E-state index is 10.1. The van der Waals surface area contributed by atoms with Crippen LogP contribution in [0.4, 0.5) is 0 Å². The van der Waals surface area contributed by atoms with Crippen LogP contribution in [0.2, 0.25) is 0 Å². The third kappa shape index (κ3) is 1.38. The minimum absolute atomic E-state index is 0.0648. The van der Waals surface area contributed by atoms with Gasteiger partial charge in [-0.15, -0.1) is 10.1 Å². The second-order valence-corrected chi connectivity index (χ2v) is 2.99. The number of fused-ring (bicyclic) bond motifs is 1. The molecule has 0 spiro atoms. The van der Waals surface area contributed by atoms with Crippen LogP contribution in [0.3, 0.4) is 0 Å². The summed E-state index contributed by atoms with van der Waals surface area (Å²) in [5, 5.41) is 20.7. The van der Waals surface area contributed by atoms with Crippen LogP contribution in [0.5, 0.6) is 0 Å². The third-order valence-electron chi connectivity index (χ3n) is 2.21. The summed E-state index contributed by atoms with van der Waals surface area (Å²) in [4.78, 5) is 14.4. The Balaban J connectivity index is 2.04. The maximum absolute atomic E-state index is 10.1. The fourth-order valence-corrected chi connectivity index (χ4v) is 1.61. The van der Waals surface area contributed by atoms with E-state index in [1.165, 1.54) is 0 Å². The zero-order valence-corrected chi connectivity index (χ0v) is 7.03. The van der Waals surface area contributed by atoms with E-state index in [2.05, 4.69) is 9.99 Å². The van der Waals surface area contributed by atoms with Crippen LogP contribution < -0.4 is 0 Å². The van der Waals surface area contributed by atoms with Crippen molar-refractivity contribution in [3.05, 3.63) is 10.1 Å². The highest BCUT2D eigenvalue weighted by atomic mass is 17.0. The molecule has 2 aliphatic heterocycles. The summed E-state index contributed by atoms with van der Waals surface area (Å²) < 4.78 is 10.3. The quantitative estimate of drug-likeness (QED) is 0.358. The lowest BCUT2D eigenvalue weighted by Crippen LogP contribution is -2.32. The Labute approximate surface area is 78.1 Å². The third-order valence-corrected chi connectivity index (χ3v) is 2.21. The van der Waals surface area contributed by atoms with Gasteiger partial charge >= 0.3 is 0 Å². The van der Waals surface area contributed by atoms with Gasteiger partial charge in [0.05, 0.1) is 13.2 Å². The predicted octanol–water partition coefficient (Wildman–Crippen LogP) is -0.809. The molecule has 3 atom stereocenters. The van der Waals surface area contributed by atoms with Gasteiger partial charge in [-0.05, 0) is 0 Å². The molecule has 0 aromatic heterocycles. The highest BCUT2D eigenvalue weighted by Crippen LogP contribution is 2.26. The van der Waals surface area contributed by atoms with Gasteiger partial charge in [0.15, 0.2) is 6.10 Å². The molecule has 0 radical (unpaired) electrons. The largest absolute Gasteiger partial charge is 0.411 e. The van der Waals surface area contributed by atoms with Gasteiger partial charge in [-0.25, -0.2) is 0 Å². The monoisotopic (exact) mass is 204 g/mol. The molecule has 78 valence electrons. The van der Waals surface area contributed by atoms with Gasteiger partial charge in [0, 0.05) is 0 Å². The van der Waals surface area contributed by atoms with Gasteiger partial charge in [0.2, 0.25) is 0 Å². The Morgan fingerprint density at radius 2 is 2.43 bits per heavy atom. The average molecular weight is 204 g/mol. The normalized spacial score (nSPS) is 38.6. The molecule has 1 N–H and O–H groups in total. The van der Waals surface area contributed by atoms with Crippen LogP contribution in [0.1, 0.15) is 0 Å². The van der Waals surface area contributed by atoms with Gasteiger partial charge in [0.25, 0.3) is 5.09 Å². The first-order valence-corrected chi connectivity index (χ1v) is 3.97. The number of rotatable bonds is 2. The van der Waals surface area contributed by atoms with E-state index < -0.39 is 23.4 Å². The van der Waals surface area contributed by atoms with Crippen molar-refractivity contribution >= 4 is 5.71 Å². The van der Waals surface area contributed by atoms with Crippen molar-refractivity contribution in [2.24, 2.45) is 5.16 Å². The van der Waals surface area contributed by atoms with Crippen LogP contribution in [0.25, 0.3) is 0 Å². The zero-order chi connectivity index (χ0) is 10.1. The highest BCUT2D eigenvalue weighted by Gasteiger charge is 2.48. The van der Waals surface area contributed by atoms with Crippen molar-refractivity contribution in [2.75, 3.05) is 13.2 Å². The molecule has 0 saturated carbocycles. The summed E-state index contributed by atoms with van der Waals surface area (Å²) in [6.07, 6.45) is -1.81. The molecule has 2 saturated heterocycles. The molecule has 0 aliphatic carbocycles. The van der Waals surface area contributed by atoms with Crippen LogP contribution in [-0.4, -0.2) is 47.5 Å². The van der Waals surface area contributed by atoms with Crippen molar-refractivity contribution in [3.63, 3.8) is 0 Å². The van der Waals surface area contributed by atoms with Crippen molar-refractivity contribution in [1.82, 2.24) is 0 Å². The van der Waals surface area contributed by atoms with Gasteiger partial charge in [-0.1, -0.05) is 5.16 Å². The van der Waals surface area contributed by atoms with E-state index in [1.54, 1.807) is 0 Å². The van der Waals surface area contributed by atoms with Crippen molar-refractivity contribution in [2.45, 2.75) is 18.3 Å². The Morgan fingerprint density at radius 1 is 1.64 bits per heavy atom. The topological polar surface area (TPSA) is 103 Å². The Bertz CT molecular complexity index is 279. The van der Waals surface area contributed by atoms with Gasteiger partial charge in [-0.3, -0.25) is 0 Å². The summed E-state index contributed by atoms with van der Waals surface area (Å²) >= 11 is 0. The van der Waals surface area contributed by atoms with E-state index in [0.717, 1.165) is 0 Å². The van der Waals surface area contributed by atoms with E-state index in [9.17, 15) is 10.1 Å². The van der Waals surface area contributed by atoms with Crippen LogP contribution in [0.15, 0.2) is 5.16 Å². The molecule has 0 aromatic rings. The van der Waals surface area contributed by atoms with E-state index in [1.807, 2.05) is 0 Å². The van der Waals surface area contributed by atoms with Crippen LogP contribution in [0, 0.1) is 10.1 Å². The first kappa shape index (κ1) is 9.16. The first-order chi connectivity index (χ1) is 6.72. The van der Waals surface area contributed by atoms with E-state index in [0.29, 0.717) is 5.71 Å². The van der Waals surface area contributed by atoms with Crippen molar-refractivity contribution in [1.29, 1.82) is 0 Å². The molecule has 0 aromatic carbocycles. The molecule has 8 heteroatoms. The molecule has 8 nitrogen and oxygen atoms in total. The van der Waals surface area contributed by atoms with Gasteiger partial charge < -0.3 is 19.5 Å². The minimum atomic E-state index is -0.881. The number of nitrogens with zero attached hydrogens (tertiary/aromatic N) is 2. The summed E-state index contributed by atoms with van der Waals surface area (Å²) in [5.41, 5.74) is 0.337. The zero-order valence-electron chi connectivity index (χ0n) is 7.03. The summed E-state index contributed by atoms with van der Waals surface area (Å²) in [5.74, 6) is 0. The van der Waals surface area contributed by atoms with E-state index in [4.69, 9.17) is 14.7 Å².